The minimum atomic E-state index is 0.216. The van der Waals surface area contributed by atoms with Gasteiger partial charge in [-0.3, -0.25) is 9.36 Å². The van der Waals surface area contributed by atoms with Crippen LogP contribution in [0.2, 0.25) is 0 Å². The highest BCUT2D eigenvalue weighted by atomic mass is 15.3. The van der Waals surface area contributed by atoms with Crippen LogP contribution in [0.1, 0.15) is 49.8 Å². The van der Waals surface area contributed by atoms with Crippen molar-refractivity contribution in [2.75, 3.05) is 0 Å². The fourth-order valence-corrected chi connectivity index (χ4v) is 2.74. The summed E-state index contributed by atoms with van der Waals surface area (Å²) in [4.78, 5) is 0. The van der Waals surface area contributed by atoms with Gasteiger partial charge in [0, 0.05) is 25.0 Å². The maximum Gasteiger partial charge on any atom is 0.0853 e. The summed E-state index contributed by atoms with van der Waals surface area (Å²) in [5.41, 5.74) is 11.1. The van der Waals surface area contributed by atoms with Crippen molar-refractivity contribution in [3.63, 3.8) is 0 Å². The number of hydrogen-bond donors (Lipinski definition) is 1. The van der Waals surface area contributed by atoms with E-state index in [0.29, 0.717) is 0 Å². The van der Waals surface area contributed by atoms with Gasteiger partial charge >= 0.3 is 0 Å². The average molecular weight is 289 g/mol. The van der Waals surface area contributed by atoms with E-state index in [2.05, 4.69) is 30.6 Å². The molecule has 0 aliphatic rings. The van der Waals surface area contributed by atoms with Crippen molar-refractivity contribution in [3.05, 3.63) is 34.9 Å². The van der Waals surface area contributed by atoms with Gasteiger partial charge in [-0.25, -0.2) is 0 Å². The van der Waals surface area contributed by atoms with Crippen LogP contribution in [0.3, 0.4) is 0 Å². The van der Waals surface area contributed by atoms with Crippen LogP contribution in [-0.2, 0) is 32.9 Å². The smallest absolute Gasteiger partial charge is 0.0853 e. The predicted octanol–water partition coefficient (Wildman–Crippen LogP) is 2.07. The number of aromatic nitrogens is 4. The first-order valence-corrected chi connectivity index (χ1v) is 7.90. The third-order valence-corrected chi connectivity index (χ3v) is 3.99. The first-order chi connectivity index (χ1) is 10.1. The highest BCUT2D eigenvalue weighted by Gasteiger charge is 2.17. The summed E-state index contributed by atoms with van der Waals surface area (Å²) >= 11 is 0. The zero-order valence-electron chi connectivity index (χ0n) is 13.6. The van der Waals surface area contributed by atoms with Crippen LogP contribution < -0.4 is 5.73 Å². The van der Waals surface area contributed by atoms with Crippen LogP contribution in [0, 0.1) is 0 Å². The summed E-state index contributed by atoms with van der Waals surface area (Å²) in [6.07, 6.45) is 5.82. The fourth-order valence-electron chi connectivity index (χ4n) is 2.74. The van der Waals surface area contributed by atoms with Gasteiger partial charge in [0.05, 0.1) is 17.9 Å². The summed E-state index contributed by atoms with van der Waals surface area (Å²) in [5, 5.41) is 9.26. The highest BCUT2D eigenvalue weighted by molar-refractivity contribution is 5.28. The minimum Gasteiger partial charge on any atom is -0.327 e. The number of hydrogen-bond acceptors (Lipinski definition) is 3. The monoisotopic (exact) mass is 289 g/mol. The van der Waals surface area contributed by atoms with Gasteiger partial charge in [0.25, 0.3) is 0 Å². The Bertz CT molecular complexity index is 582. The molecule has 1 atom stereocenters. The molecular weight excluding hydrogens is 262 g/mol. The van der Waals surface area contributed by atoms with E-state index in [1.807, 2.05) is 24.0 Å². The van der Waals surface area contributed by atoms with Crippen LogP contribution in [0.15, 0.2) is 12.3 Å². The molecule has 5 heteroatoms. The molecular formula is C16H27N5. The Kier molecular flexibility index (Phi) is 5.17. The zero-order chi connectivity index (χ0) is 15.4. The van der Waals surface area contributed by atoms with Crippen LogP contribution in [0.5, 0.6) is 0 Å². The van der Waals surface area contributed by atoms with E-state index < -0.39 is 0 Å². The number of nitrogens with two attached hydrogens (primary N) is 1. The van der Waals surface area contributed by atoms with Crippen molar-refractivity contribution in [2.45, 2.75) is 59.0 Å². The Morgan fingerprint density at radius 3 is 2.48 bits per heavy atom. The topological polar surface area (TPSA) is 61.7 Å². The van der Waals surface area contributed by atoms with Crippen molar-refractivity contribution in [2.24, 2.45) is 12.8 Å². The SMILES string of the molecule is CCc1nn(Cc2ccn(C)n2)c(CC)c1CC(N)CC. The second-order valence-corrected chi connectivity index (χ2v) is 5.59. The van der Waals surface area contributed by atoms with Gasteiger partial charge in [-0.15, -0.1) is 0 Å². The van der Waals surface area contributed by atoms with Crippen LogP contribution in [0.25, 0.3) is 0 Å². The number of aryl methyl sites for hydroxylation is 2. The lowest BCUT2D eigenvalue weighted by atomic mass is 10.00. The van der Waals surface area contributed by atoms with Gasteiger partial charge in [0.15, 0.2) is 0 Å². The van der Waals surface area contributed by atoms with E-state index in [9.17, 15) is 0 Å². The van der Waals surface area contributed by atoms with E-state index in [1.54, 1.807) is 0 Å². The molecule has 116 valence electrons. The van der Waals surface area contributed by atoms with Gasteiger partial charge < -0.3 is 5.73 Å². The molecule has 5 nitrogen and oxygen atoms in total. The largest absolute Gasteiger partial charge is 0.327 e. The first kappa shape index (κ1) is 15.8. The molecule has 1 unspecified atom stereocenters. The summed E-state index contributed by atoms with van der Waals surface area (Å²) < 4.78 is 3.94. The van der Waals surface area contributed by atoms with Gasteiger partial charge in [0.1, 0.15) is 0 Å². The van der Waals surface area contributed by atoms with E-state index in [-0.39, 0.29) is 6.04 Å². The Balaban J connectivity index is 2.32. The summed E-state index contributed by atoms with van der Waals surface area (Å²) in [7, 11) is 1.94. The molecule has 0 aromatic carbocycles. The fraction of sp³-hybridized carbons (Fsp3) is 0.625. The lowest BCUT2D eigenvalue weighted by Gasteiger charge is -2.11. The maximum atomic E-state index is 6.16. The second-order valence-electron chi connectivity index (χ2n) is 5.59. The van der Waals surface area contributed by atoms with Crippen LogP contribution in [0.4, 0.5) is 0 Å². The molecule has 0 saturated carbocycles. The summed E-state index contributed by atoms with van der Waals surface area (Å²) in [5.74, 6) is 0. The maximum absolute atomic E-state index is 6.16. The molecule has 0 amide bonds. The van der Waals surface area contributed by atoms with Gasteiger partial charge in [-0.05, 0) is 37.3 Å². The number of nitrogens with zero attached hydrogens (tertiary/aromatic N) is 4. The Morgan fingerprint density at radius 1 is 1.19 bits per heavy atom. The standard InChI is InChI=1S/C16H27N5/c1-5-12(17)10-14-15(6-2)19-21(16(14)7-3)11-13-8-9-20(4)18-13/h8-9,12H,5-7,10-11,17H2,1-4H3. The summed E-state index contributed by atoms with van der Waals surface area (Å²) in [6, 6.07) is 2.26. The van der Waals surface area contributed by atoms with E-state index in [4.69, 9.17) is 10.8 Å². The third kappa shape index (κ3) is 3.53. The van der Waals surface area contributed by atoms with Gasteiger partial charge in [0.2, 0.25) is 0 Å². The molecule has 0 spiro atoms. The lowest BCUT2D eigenvalue weighted by Crippen LogP contribution is -2.22. The van der Waals surface area contributed by atoms with Gasteiger partial charge in [-0.2, -0.15) is 10.2 Å². The minimum absolute atomic E-state index is 0.216. The van der Waals surface area contributed by atoms with E-state index in [0.717, 1.165) is 37.9 Å². The van der Waals surface area contributed by atoms with Crippen molar-refractivity contribution >= 4 is 0 Å². The molecule has 0 bridgehead atoms. The van der Waals surface area contributed by atoms with Crippen molar-refractivity contribution in [1.29, 1.82) is 0 Å². The number of rotatable bonds is 7. The average Bonchev–Trinajstić information content (AvgIpc) is 3.02. The molecule has 21 heavy (non-hydrogen) atoms. The molecule has 0 radical (unpaired) electrons. The molecule has 2 aromatic heterocycles. The Morgan fingerprint density at radius 2 is 1.95 bits per heavy atom. The predicted molar refractivity (Wildman–Crippen MR) is 85.3 cm³/mol. The molecule has 2 aromatic rings. The van der Waals surface area contributed by atoms with Crippen molar-refractivity contribution in [3.8, 4) is 0 Å². The summed E-state index contributed by atoms with van der Waals surface area (Å²) in [6.45, 7) is 7.22. The molecule has 0 aliphatic carbocycles. The van der Waals surface area contributed by atoms with E-state index >= 15 is 0 Å². The molecule has 2 heterocycles. The molecule has 0 saturated heterocycles. The molecule has 0 fully saturated rings. The second kappa shape index (κ2) is 6.89. The lowest BCUT2D eigenvalue weighted by molar-refractivity contribution is 0.611. The van der Waals surface area contributed by atoms with Crippen molar-refractivity contribution < 1.29 is 0 Å². The van der Waals surface area contributed by atoms with Gasteiger partial charge in [-0.1, -0.05) is 20.8 Å². The third-order valence-electron chi connectivity index (χ3n) is 3.99. The molecule has 2 N–H and O–H groups in total. The zero-order valence-corrected chi connectivity index (χ0v) is 13.6. The molecule has 2 rings (SSSR count). The Hall–Kier alpha value is -1.62. The normalized spacial score (nSPS) is 12.8. The van der Waals surface area contributed by atoms with Crippen LogP contribution >= 0.6 is 0 Å². The first-order valence-electron chi connectivity index (χ1n) is 7.90. The van der Waals surface area contributed by atoms with E-state index in [1.165, 1.54) is 17.0 Å². The van der Waals surface area contributed by atoms with Crippen molar-refractivity contribution in [1.82, 2.24) is 19.6 Å². The quantitative estimate of drug-likeness (QED) is 0.849. The Labute approximate surface area is 127 Å². The molecule has 0 aliphatic heterocycles. The van der Waals surface area contributed by atoms with Crippen LogP contribution in [-0.4, -0.2) is 25.6 Å². The highest BCUT2D eigenvalue weighted by Crippen LogP contribution is 2.19.